The molecule has 35 heavy (non-hydrogen) atoms. The zero-order valence-electron chi connectivity index (χ0n) is 20.9. The number of amides is 2. The number of quaternary nitrogens is 1. The molecule has 6 nitrogen and oxygen atoms in total. The maximum absolute atomic E-state index is 14.1. The molecule has 182 valence electrons. The number of carbonyl (C=O) groups is 2. The predicted octanol–water partition coefficient (Wildman–Crippen LogP) is 5.45. The third-order valence-corrected chi connectivity index (χ3v) is 6.54. The van der Waals surface area contributed by atoms with Crippen molar-refractivity contribution in [3.8, 4) is 11.1 Å². The Hall–Kier alpha value is -3.48. The summed E-state index contributed by atoms with van der Waals surface area (Å²) in [5.41, 5.74) is 11.3. The molecular formula is C29H34N3O3+. The standard InChI is InChI=1S/C29H33N3O3/c1-29(2,3)35-28(34)31-25-18-15-21-9-6-8-12-26(21)32(4,27(25)33)23-16-13-20(14-17-23)24-11-7-5-10-22(24)19-30/h5-14,16-17,25H,15,18-19,30H2,1-4H3/p+1/t25-,32?/m1/s1. The third-order valence-electron chi connectivity index (χ3n) is 6.54. The van der Waals surface area contributed by atoms with Crippen LogP contribution in [0.25, 0.3) is 11.1 Å². The number of rotatable bonds is 4. The van der Waals surface area contributed by atoms with E-state index in [9.17, 15) is 9.59 Å². The lowest BCUT2D eigenvalue weighted by Gasteiger charge is -2.33. The van der Waals surface area contributed by atoms with Crippen LogP contribution in [0.4, 0.5) is 16.2 Å². The van der Waals surface area contributed by atoms with Gasteiger partial charge in [-0.15, -0.1) is 0 Å². The molecule has 0 saturated heterocycles. The average molecular weight is 473 g/mol. The summed E-state index contributed by atoms with van der Waals surface area (Å²) in [4.78, 5) is 26.6. The van der Waals surface area contributed by atoms with E-state index >= 15 is 0 Å². The summed E-state index contributed by atoms with van der Waals surface area (Å²) >= 11 is 0. The van der Waals surface area contributed by atoms with E-state index in [4.69, 9.17) is 10.5 Å². The number of hydrogen-bond donors (Lipinski definition) is 2. The number of aryl methyl sites for hydroxylation is 1. The van der Waals surface area contributed by atoms with E-state index in [1.54, 1.807) is 0 Å². The zero-order valence-corrected chi connectivity index (χ0v) is 20.9. The van der Waals surface area contributed by atoms with Crippen molar-refractivity contribution in [3.63, 3.8) is 0 Å². The topological polar surface area (TPSA) is 81.4 Å². The Morgan fingerprint density at radius 1 is 1.03 bits per heavy atom. The Morgan fingerprint density at radius 2 is 1.69 bits per heavy atom. The van der Waals surface area contributed by atoms with Crippen LogP contribution in [0.2, 0.25) is 0 Å². The number of hydrogen-bond acceptors (Lipinski definition) is 4. The first-order valence-corrected chi connectivity index (χ1v) is 12.0. The van der Waals surface area contributed by atoms with Crippen LogP contribution in [-0.2, 0) is 22.5 Å². The summed E-state index contributed by atoms with van der Waals surface area (Å²) in [7, 11) is 1.90. The summed E-state index contributed by atoms with van der Waals surface area (Å²) in [6.07, 6.45) is 0.602. The van der Waals surface area contributed by atoms with Crippen molar-refractivity contribution in [3.05, 3.63) is 83.9 Å². The molecule has 0 saturated carbocycles. The van der Waals surface area contributed by atoms with E-state index in [1.165, 1.54) is 0 Å². The molecule has 2 atom stereocenters. The van der Waals surface area contributed by atoms with Gasteiger partial charge in [0, 0.05) is 30.3 Å². The quantitative estimate of drug-likeness (QED) is 0.495. The van der Waals surface area contributed by atoms with Crippen molar-refractivity contribution in [1.82, 2.24) is 9.80 Å². The number of benzene rings is 3. The minimum atomic E-state index is -0.681. The van der Waals surface area contributed by atoms with Gasteiger partial charge < -0.3 is 15.8 Å². The van der Waals surface area contributed by atoms with Gasteiger partial charge in [0.15, 0.2) is 0 Å². The van der Waals surface area contributed by atoms with Crippen molar-refractivity contribution in [2.75, 3.05) is 7.05 Å². The van der Waals surface area contributed by atoms with E-state index in [0.717, 1.165) is 33.6 Å². The zero-order chi connectivity index (χ0) is 25.2. The van der Waals surface area contributed by atoms with Crippen LogP contribution in [0.3, 0.4) is 0 Å². The summed E-state index contributed by atoms with van der Waals surface area (Å²) in [6.45, 7) is 5.88. The molecule has 0 bridgehead atoms. The molecule has 0 fully saturated rings. The maximum atomic E-state index is 14.1. The Bertz CT molecular complexity index is 1230. The first-order chi connectivity index (χ1) is 16.6. The number of nitrogens with one attached hydrogen (secondary N) is 1. The molecule has 1 unspecified atom stereocenters. The number of carbonyl (C=O) groups excluding carboxylic acids is 2. The van der Waals surface area contributed by atoms with E-state index in [0.29, 0.717) is 19.4 Å². The highest BCUT2D eigenvalue weighted by molar-refractivity contribution is 6.00. The van der Waals surface area contributed by atoms with Gasteiger partial charge in [-0.3, -0.25) is 0 Å². The minimum absolute atomic E-state index is 0.0462. The Morgan fingerprint density at radius 3 is 2.37 bits per heavy atom. The van der Waals surface area contributed by atoms with Gasteiger partial charge in [0.2, 0.25) is 0 Å². The Kier molecular flexibility index (Phi) is 6.79. The van der Waals surface area contributed by atoms with E-state index in [1.807, 2.05) is 88.5 Å². The van der Waals surface area contributed by atoms with Crippen molar-refractivity contribution in [2.24, 2.45) is 5.73 Å². The van der Waals surface area contributed by atoms with Crippen LogP contribution in [-0.4, -0.2) is 30.7 Å². The molecule has 3 aromatic carbocycles. The average Bonchev–Trinajstić information content (AvgIpc) is 2.94. The van der Waals surface area contributed by atoms with Gasteiger partial charge in [0.05, 0.1) is 7.05 Å². The molecule has 4 rings (SSSR count). The lowest BCUT2D eigenvalue weighted by atomic mass is 9.99. The first kappa shape index (κ1) is 24.6. The monoisotopic (exact) mass is 472 g/mol. The van der Waals surface area contributed by atoms with Crippen LogP contribution in [0.5, 0.6) is 0 Å². The largest absolute Gasteiger partial charge is 0.444 e. The van der Waals surface area contributed by atoms with Gasteiger partial charge in [-0.2, -0.15) is 4.48 Å². The van der Waals surface area contributed by atoms with E-state index < -0.39 is 17.7 Å². The summed E-state index contributed by atoms with van der Waals surface area (Å²) < 4.78 is 5.40. The lowest BCUT2D eigenvalue weighted by Crippen LogP contribution is -2.56. The van der Waals surface area contributed by atoms with Crippen molar-refractivity contribution >= 4 is 23.4 Å². The molecule has 6 heteroatoms. The molecular weight excluding hydrogens is 438 g/mol. The number of para-hydroxylation sites is 1. The molecule has 2 amide bonds. The normalized spacial score (nSPS) is 20.0. The van der Waals surface area contributed by atoms with Crippen LogP contribution in [0, 0.1) is 0 Å². The lowest BCUT2D eigenvalue weighted by molar-refractivity contribution is -0.128. The van der Waals surface area contributed by atoms with Gasteiger partial charge in [-0.05, 0) is 62.4 Å². The molecule has 1 aliphatic heterocycles. The summed E-state index contributed by atoms with van der Waals surface area (Å²) in [5, 5.41) is 2.84. The molecule has 0 aromatic heterocycles. The molecule has 0 radical (unpaired) electrons. The van der Waals surface area contributed by atoms with E-state index in [2.05, 4.69) is 17.4 Å². The fraction of sp³-hybridized carbons (Fsp3) is 0.310. The molecule has 1 aliphatic rings. The van der Waals surface area contributed by atoms with Crippen molar-refractivity contribution in [2.45, 2.75) is 51.8 Å². The summed E-state index contributed by atoms with van der Waals surface area (Å²) in [6, 6.07) is 23.4. The van der Waals surface area contributed by atoms with Gasteiger partial charge in [0.25, 0.3) is 0 Å². The highest BCUT2D eigenvalue weighted by atomic mass is 16.6. The van der Waals surface area contributed by atoms with Crippen molar-refractivity contribution < 1.29 is 14.3 Å². The third kappa shape index (κ3) is 4.99. The minimum Gasteiger partial charge on any atom is -0.444 e. The Balaban J connectivity index is 1.74. The Labute approximate surface area is 207 Å². The fourth-order valence-electron chi connectivity index (χ4n) is 4.78. The summed E-state index contributed by atoms with van der Waals surface area (Å²) in [5.74, 6) is -0.101. The van der Waals surface area contributed by atoms with Crippen LogP contribution < -0.4 is 15.5 Å². The van der Waals surface area contributed by atoms with Gasteiger partial charge in [-0.1, -0.05) is 42.5 Å². The van der Waals surface area contributed by atoms with Gasteiger partial charge in [0.1, 0.15) is 23.0 Å². The van der Waals surface area contributed by atoms with Gasteiger partial charge >= 0.3 is 12.0 Å². The first-order valence-electron chi connectivity index (χ1n) is 12.0. The van der Waals surface area contributed by atoms with Crippen LogP contribution in [0.15, 0.2) is 72.8 Å². The molecule has 0 spiro atoms. The predicted molar refractivity (Wildman–Crippen MR) is 140 cm³/mol. The second-order valence-corrected chi connectivity index (χ2v) is 10.1. The molecule has 3 N–H and O–H groups in total. The van der Waals surface area contributed by atoms with Crippen LogP contribution >= 0.6 is 0 Å². The maximum Gasteiger partial charge on any atom is 0.408 e. The number of nitrogens with zero attached hydrogens (tertiary/aromatic N) is 1. The van der Waals surface area contributed by atoms with E-state index in [-0.39, 0.29) is 10.4 Å². The number of alkyl carbamates (subject to hydrolysis) is 1. The number of ether oxygens (including phenoxy) is 1. The number of likely N-dealkylation sites (N-methyl/N-ethyl adjacent to an activating group) is 1. The number of fused-ring (bicyclic) bond motifs is 1. The van der Waals surface area contributed by atoms with Crippen molar-refractivity contribution in [1.29, 1.82) is 0 Å². The highest BCUT2D eigenvalue weighted by Crippen LogP contribution is 2.40. The van der Waals surface area contributed by atoms with Gasteiger partial charge in [-0.25, -0.2) is 9.59 Å². The molecule has 0 aliphatic carbocycles. The fourth-order valence-corrected chi connectivity index (χ4v) is 4.78. The highest BCUT2D eigenvalue weighted by Gasteiger charge is 2.46. The van der Waals surface area contributed by atoms with Crippen LogP contribution in [0.1, 0.15) is 38.3 Å². The molecule has 3 aromatic rings. The molecule has 1 heterocycles. The second-order valence-electron chi connectivity index (χ2n) is 10.1. The second kappa shape index (κ2) is 9.64. The smallest absolute Gasteiger partial charge is 0.408 e. The number of nitrogens with two attached hydrogens (primary N) is 1. The SMILES string of the molecule is CC(C)(C)OC(=O)N[C@@H]1CCc2ccccc2[N+](C)(c2ccc(-c3ccccc3CN)cc2)C1=O.